The molecule has 0 bridgehead atoms. The van der Waals surface area contributed by atoms with E-state index in [-0.39, 0.29) is 17.9 Å². The summed E-state index contributed by atoms with van der Waals surface area (Å²) in [6.07, 6.45) is -0.856. The summed E-state index contributed by atoms with van der Waals surface area (Å²) in [7, 11) is -3.50. The molecule has 0 aliphatic rings. The van der Waals surface area contributed by atoms with Crippen molar-refractivity contribution in [2.24, 2.45) is 0 Å². The highest BCUT2D eigenvalue weighted by molar-refractivity contribution is 7.88. The molecule has 0 spiro atoms. The highest BCUT2D eigenvalue weighted by atomic mass is 35.5. The van der Waals surface area contributed by atoms with Crippen molar-refractivity contribution in [1.82, 2.24) is 4.72 Å². The Morgan fingerprint density at radius 3 is 2.40 bits per heavy atom. The lowest BCUT2D eigenvalue weighted by atomic mass is 10.1. The first-order valence-electron chi connectivity index (χ1n) is 8.53. The molecule has 1 amide bonds. The zero-order valence-corrected chi connectivity index (χ0v) is 17.1. The van der Waals surface area contributed by atoms with Gasteiger partial charge in [-0.2, -0.15) is 13.2 Å². The topological polar surface area (TPSA) is 75.3 Å². The van der Waals surface area contributed by atoms with Crippen LogP contribution in [0.5, 0.6) is 0 Å². The molecule has 0 heterocycles. The van der Waals surface area contributed by atoms with Crippen LogP contribution in [0.15, 0.2) is 61.2 Å². The molecular weight excluding hydrogens is 441 g/mol. The number of amides is 1. The van der Waals surface area contributed by atoms with Crippen molar-refractivity contribution in [3.63, 3.8) is 0 Å². The summed E-state index contributed by atoms with van der Waals surface area (Å²) in [5.74, 6) is -0.792. The number of rotatable bonds is 8. The lowest BCUT2D eigenvalue weighted by molar-refractivity contribution is -0.137. The maximum absolute atomic E-state index is 12.9. The molecule has 10 heteroatoms. The van der Waals surface area contributed by atoms with Gasteiger partial charge in [0.1, 0.15) is 0 Å². The smallest absolute Gasteiger partial charge is 0.323 e. The Balaban J connectivity index is 2.01. The third-order valence-corrected chi connectivity index (χ3v) is 5.40. The Morgan fingerprint density at radius 2 is 1.80 bits per heavy atom. The van der Waals surface area contributed by atoms with Gasteiger partial charge in [0.15, 0.2) is 0 Å². The molecule has 2 aromatic carbocycles. The second-order valence-electron chi connectivity index (χ2n) is 6.15. The van der Waals surface area contributed by atoms with Gasteiger partial charge in [0.25, 0.3) is 0 Å². The van der Waals surface area contributed by atoms with E-state index in [2.05, 4.69) is 16.6 Å². The number of hydrogen-bond acceptors (Lipinski definition) is 3. The van der Waals surface area contributed by atoms with Crippen LogP contribution in [0, 0.1) is 0 Å². The predicted octanol–water partition coefficient (Wildman–Crippen LogP) is 4.62. The molecule has 0 radical (unpaired) electrons. The molecule has 0 fully saturated rings. The van der Waals surface area contributed by atoms with Crippen LogP contribution >= 0.6 is 11.6 Å². The Bertz CT molecular complexity index is 1050. The van der Waals surface area contributed by atoms with Crippen molar-refractivity contribution in [1.29, 1.82) is 0 Å². The van der Waals surface area contributed by atoms with Gasteiger partial charge >= 0.3 is 6.18 Å². The number of sulfonamides is 1. The van der Waals surface area contributed by atoms with E-state index in [1.807, 2.05) is 0 Å². The molecule has 0 saturated carbocycles. The number of carbonyl (C=O) groups is 1. The fourth-order valence-corrected chi connectivity index (χ4v) is 3.69. The van der Waals surface area contributed by atoms with Gasteiger partial charge in [-0.05, 0) is 41.5 Å². The van der Waals surface area contributed by atoms with Crippen LogP contribution < -0.4 is 10.0 Å². The number of nitrogens with one attached hydrogen (secondary N) is 2. The number of alkyl halides is 3. The van der Waals surface area contributed by atoms with Gasteiger partial charge in [-0.25, -0.2) is 13.1 Å². The van der Waals surface area contributed by atoms with Gasteiger partial charge in [-0.3, -0.25) is 4.79 Å². The average molecular weight is 459 g/mol. The second kappa shape index (κ2) is 9.92. The number of carbonyl (C=O) groups excluding carboxylic acids is 1. The lowest BCUT2D eigenvalue weighted by Crippen LogP contribution is -2.25. The molecular formula is C20H18ClF3N2O3S. The van der Waals surface area contributed by atoms with Crippen LogP contribution in [-0.4, -0.2) is 20.9 Å². The van der Waals surface area contributed by atoms with E-state index < -0.39 is 32.7 Å². The summed E-state index contributed by atoms with van der Waals surface area (Å²) in [5, 5.41) is 2.12. The summed E-state index contributed by atoms with van der Waals surface area (Å²) in [4.78, 5) is 12.0. The van der Waals surface area contributed by atoms with E-state index in [1.54, 1.807) is 12.1 Å². The van der Waals surface area contributed by atoms with Crippen molar-refractivity contribution < 1.29 is 26.4 Å². The summed E-state index contributed by atoms with van der Waals surface area (Å²) in [6, 6.07) is 9.45. The standard InChI is InChI=1S/C20H18ClF3N2O3S/c1-2-11-25-30(28,29)13-15-3-7-16(8-4-15)26-19(27)10-6-14-5-9-18(21)17(12-14)20(22,23)24/h2-10,12,25H,1,11,13H2,(H,26,27)/b10-6+. The van der Waals surface area contributed by atoms with Gasteiger partial charge in [-0.1, -0.05) is 35.9 Å². The Labute approximate surface area is 177 Å². The lowest BCUT2D eigenvalue weighted by Gasteiger charge is -2.09. The van der Waals surface area contributed by atoms with Gasteiger partial charge in [0.2, 0.25) is 15.9 Å². The summed E-state index contributed by atoms with van der Waals surface area (Å²) in [5.41, 5.74) is 0.0900. The highest BCUT2D eigenvalue weighted by Crippen LogP contribution is 2.35. The first kappa shape index (κ1) is 23.7. The molecule has 0 aliphatic heterocycles. The third-order valence-electron chi connectivity index (χ3n) is 3.75. The third kappa shape index (κ3) is 7.33. The van der Waals surface area contributed by atoms with Gasteiger partial charge in [0.05, 0.1) is 16.3 Å². The van der Waals surface area contributed by atoms with Crippen LogP contribution in [0.2, 0.25) is 5.02 Å². The first-order chi connectivity index (χ1) is 14.0. The van der Waals surface area contributed by atoms with Gasteiger partial charge in [-0.15, -0.1) is 6.58 Å². The Kier molecular flexibility index (Phi) is 7.83. The average Bonchev–Trinajstić information content (AvgIpc) is 2.66. The van der Waals surface area contributed by atoms with E-state index in [1.165, 1.54) is 30.4 Å². The maximum atomic E-state index is 12.9. The van der Waals surface area contributed by atoms with Gasteiger partial charge < -0.3 is 5.32 Å². The number of benzene rings is 2. The van der Waals surface area contributed by atoms with Gasteiger partial charge in [0, 0.05) is 18.3 Å². The molecule has 0 aromatic heterocycles. The number of hydrogen-bond donors (Lipinski definition) is 2. The monoisotopic (exact) mass is 458 g/mol. The molecule has 2 rings (SSSR count). The van der Waals surface area contributed by atoms with Crippen LogP contribution in [-0.2, 0) is 26.7 Å². The van der Waals surface area contributed by atoms with E-state index in [4.69, 9.17) is 11.6 Å². The fraction of sp³-hybridized carbons (Fsp3) is 0.150. The van der Waals surface area contributed by atoms with Crippen molar-refractivity contribution in [2.45, 2.75) is 11.9 Å². The number of anilines is 1. The zero-order valence-electron chi connectivity index (χ0n) is 15.5. The normalized spacial score (nSPS) is 12.1. The van der Waals surface area contributed by atoms with E-state index in [0.29, 0.717) is 11.3 Å². The van der Waals surface area contributed by atoms with Crippen molar-refractivity contribution in [2.75, 3.05) is 11.9 Å². The Morgan fingerprint density at radius 1 is 1.13 bits per heavy atom. The quantitative estimate of drug-likeness (QED) is 0.448. The molecule has 30 heavy (non-hydrogen) atoms. The predicted molar refractivity (Wildman–Crippen MR) is 111 cm³/mol. The maximum Gasteiger partial charge on any atom is 0.417 e. The first-order valence-corrected chi connectivity index (χ1v) is 10.6. The van der Waals surface area contributed by atoms with Crippen LogP contribution in [0.1, 0.15) is 16.7 Å². The molecule has 0 unspecified atom stereocenters. The molecule has 5 nitrogen and oxygen atoms in total. The largest absolute Gasteiger partial charge is 0.417 e. The minimum atomic E-state index is -4.60. The van der Waals surface area contributed by atoms with Crippen molar-refractivity contribution in [3.05, 3.63) is 82.9 Å². The van der Waals surface area contributed by atoms with Crippen LogP contribution in [0.25, 0.3) is 6.08 Å². The molecule has 160 valence electrons. The molecule has 2 N–H and O–H groups in total. The van der Waals surface area contributed by atoms with E-state index in [9.17, 15) is 26.4 Å². The summed E-state index contributed by atoms with van der Waals surface area (Å²) < 4.78 is 64.6. The highest BCUT2D eigenvalue weighted by Gasteiger charge is 2.33. The van der Waals surface area contributed by atoms with Crippen LogP contribution in [0.4, 0.5) is 18.9 Å². The molecule has 0 atom stereocenters. The molecule has 0 saturated heterocycles. The molecule has 2 aromatic rings. The zero-order chi connectivity index (χ0) is 22.4. The minimum absolute atomic E-state index is 0.126. The van der Waals surface area contributed by atoms with Crippen molar-refractivity contribution >= 4 is 39.3 Å². The SMILES string of the molecule is C=CCNS(=O)(=O)Cc1ccc(NC(=O)/C=C/c2ccc(Cl)c(C(F)(F)F)c2)cc1. The number of halogens is 4. The van der Waals surface area contributed by atoms with Crippen LogP contribution in [0.3, 0.4) is 0 Å². The minimum Gasteiger partial charge on any atom is -0.323 e. The van der Waals surface area contributed by atoms with Crippen molar-refractivity contribution in [3.8, 4) is 0 Å². The summed E-state index contributed by atoms with van der Waals surface area (Å²) in [6.45, 7) is 3.56. The van der Waals surface area contributed by atoms with E-state index in [0.717, 1.165) is 18.2 Å². The second-order valence-corrected chi connectivity index (χ2v) is 8.37. The fourth-order valence-electron chi connectivity index (χ4n) is 2.36. The van der Waals surface area contributed by atoms with E-state index >= 15 is 0 Å². The summed E-state index contributed by atoms with van der Waals surface area (Å²) >= 11 is 5.56. The Hall–Kier alpha value is -2.62. The molecule has 0 aliphatic carbocycles.